The summed E-state index contributed by atoms with van der Waals surface area (Å²) < 4.78 is 25.5. The molecule has 1 amide bonds. The van der Waals surface area contributed by atoms with Crippen LogP contribution in [0.25, 0.3) is 0 Å². The molecule has 0 aromatic heterocycles. The Hall–Kier alpha value is -2.22. The smallest absolute Gasteiger partial charge is 0.242 e. The molecular weight excluding hydrogens is 362 g/mol. The minimum atomic E-state index is -3.49. The SMILES string of the molecule is CN(C)CCN(CC(=O)N(Cc1ccccc1)c1ccccc1)S(C)(=O)=O. The van der Waals surface area contributed by atoms with E-state index in [1.165, 1.54) is 4.31 Å². The first-order chi connectivity index (χ1) is 12.8. The number of carbonyl (C=O) groups excluding carboxylic acids is 1. The number of rotatable bonds is 9. The summed E-state index contributed by atoms with van der Waals surface area (Å²) in [7, 11) is 0.253. The first-order valence-corrected chi connectivity index (χ1v) is 10.6. The van der Waals surface area contributed by atoms with Gasteiger partial charge in [0.1, 0.15) is 0 Å². The van der Waals surface area contributed by atoms with E-state index in [1.807, 2.05) is 79.7 Å². The van der Waals surface area contributed by atoms with Gasteiger partial charge in [0.15, 0.2) is 0 Å². The molecule has 0 aliphatic heterocycles. The van der Waals surface area contributed by atoms with Crippen LogP contribution in [0.2, 0.25) is 0 Å². The quantitative estimate of drug-likeness (QED) is 0.659. The van der Waals surface area contributed by atoms with Crippen molar-refractivity contribution >= 4 is 21.6 Å². The van der Waals surface area contributed by atoms with Gasteiger partial charge in [-0.15, -0.1) is 0 Å². The van der Waals surface area contributed by atoms with Crippen molar-refractivity contribution in [3.63, 3.8) is 0 Å². The molecule has 0 radical (unpaired) electrons. The number of anilines is 1. The number of para-hydroxylation sites is 1. The number of amides is 1. The molecule has 0 saturated carbocycles. The lowest BCUT2D eigenvalue weighted by Gasteiger charge is -2.27. The molecule has 0 N–H and O–H groups in total. The van der Waals surface area contributed by atoms with Crippen molar-refractivity contribution in [2.75, 3.05) is 44.9 Å². The second-order valence-electron chi connectivity index (χ2n) is 6.70. The largest absolute Gasteiger partial charge is 0.308 e. The first-order valence-electron chi connectivity index (χ1n) is 8.76. The highest BCUT2D eigenvalue weighted by atomic mass is 32.2. The second-order valence-corrected chi connectivity index (χ2v) is 8.68. The van der Waals surface area contributed by atoms with Crippen LogP contribution in [0.5, 0.6) is 0 Å². The Morgan fingerprint density at radius 1 is 0.889 bits per heavy atom. The zero-order valence-electron chi connectivity index (χ0n) is 16.1. The van der Waals surface area contributed by atoms with E-state index >= 15 is 0 Å². The van der Waals surface area contributed by atoms with E-state index in [0.717, 1.165) is 17.5 Å². The summed E-state index contributed by atoms with van der Waals surface area (Å²) in [5.41, 5.74) is 1.72. The van der Waals surface area contributed by atoms with E-state index in [4.69, 9.17) is 0 Å². The molecule has 2 aromatic rings. The highest BCUT2D eigenvalue weighted by molar-refractivity contribution is 7.88. The van der Waals surface area contributed by atoms with Gasteiger partial charge in [0, 0.05) is 18.8 Å². The van der Waals surface area contributed by atoms with Crippen molar-refractivity contribution in [3.05, 3.63) is 66.2 Å². The monoisotopic (exact) mass is 389 g/mol. The molecule has 0 atom stereocenters. The molecule has 0 spiro atoms. The zero-order valence-corrected chi connectivity index (χ0v) is 16.9. The van der Waals surface area contributed by atoms with E-state index in [9.17, 15) is 13.2 Å². The molecule has 0 heterocycles. The fraction of sp³-hybridized carbons (Fsp3) is 0.350. The van der Waals surface area contributed by atoms with E-state index in [1.54, 1.807) is 4.90 Å². The topological polar surface area (TPSA) is 60.9 Å². The number of benzene rings is 2. The van der Waals surface area contributed by atoms with Crippen LogP contribution in [0.1, 0.15) is 5.56 Å². The fourth-order valence-electron chi connectivity index (χ4n) is 2.61. The third kappa shape index (κ3) is 6.78. The summed E-state index contributed by atoms with van der Waals surface area (Å²) in [5, 5.41) is 0. The highest BCUT2D eigenvalue weighted by Gasteiger charge is 2.24. The van der Waals surface area contributed by atoms with E-state index < -0.39 is 10.0 Å². The lowest BCUT2D eigenvalue weighted by molar-refractivity contribution is -0.119. The summed E-state index contributed by atoms with van der Waals surface area (Å²) in [6.07, 6.45) is 1.14. The van der Waals surface area contributed by atoms with Crippen molar-refractivity contribution in [1.82, 2.24) is 9.21 Å². The minimum Gasteiger partial charge on any atom is -0.308 e. The summed E-state index contributed by atoms with van der Waals surface area (Å²) >= 11 is 0. The predicted octanol–water partition coefficient (Wildman–Crippen LogP) is 2.04. The van der Waals surface area contributed by atoms with Crippen molar-refractivity contribution in [3.8, 4) is 0 Å². The van der Waals surface area contributed by atoms with Gasteiger partial charge in [-0.25, -0.2) is 8.42 Å². The van der Waals surface area contributed by atoms with E-state index in [2.05, 4.69) is 0 Å². The van der Waals surface area contributed by atoms with Gasteiger partial charge in [-0.2, -0.15) is 4.31 Å². The lowest BCUT2D eigenvalue weighted by Crippen LogP contribution is -2.44. The standard InChI is InChI=1S/C20H27N3O3S/c1-21(2)14-15-22(27(3,25)26)17-20(24)23(19-12-8-5-9-13-19)16-18-10-6-4-7-11-18/h4-13H,14-17H2,1-3H3. The van der Waals surface area contributed by atoms with Gasteiger partial charge in [-0.1, -0.05) is 48.5 Å². The average molecular weight is 390 g/mol. The Morgan fingerprint density at radius 3 is 1.96 bits per heavy atom. The molecule has 0 aliphatic rings. The van der Waals surface area contributed by atoms with Gasteiger partial charge >= 0.3 is 0 Å². The molecule has 7 heteroatoms. The van der Waals surface area contributed by atoms with Crippen LogP contribution in [0, 0.1) is 0 Å². The van der Waals surface area contributed by atoms with Gasteiger partial charge in [-0.3, -0.25) is 4.79 Å². The number of likely N-dealkylation sites (N-methyl/N-ethyl adjacent to an activating group) is 1. The van der Waals surface area contributed by atoms with E-state index in [0.29, 0.717) is 13.1 Å². The van der Waals surface area contributed by atoms with Gasteiger partial charge in [0.2, 0.25) is 15.9 Å². The average Bonchev–Trinajstić information content (AvgIpc) is 2.63. The third-order valence-electron chi connectivity index (χ3n) is 4.13. The maximum absolute atomic E-state index is 13.1. The van der Waals surface area contributed by atoms with Crippen molar-refractivity contribution in [1.29, 1.82) is 0 Å². The molecule has 0 unspecified atom stereocenters. The molecule has 2 rings (SSSR count). The Morgan fingerprint density at radius 2 is 1.44 bits per heavy atom. The van der Waals surface area contributed by atoms with Gasteiger partial charge in [0.05, 0.1) is 19.3 Å². The Labute approximate surface area is 162 Å². The molecule has 0 aliphatic carbocycles. The summed E-state index contributed by atoms with van der Waals surface area (Å²) in [4.78, 5) is 16.6. The van der Waals surface area contributed by atoms with Crippen LogP contribution in [0.4, 0.5) is 5.69 Å². The third-order valence-corrected chi connectivity index (χ3v) is 5.38. The highest BCUT2D eigenvalue weighted by Crippen LogP contribution is 2.18. The Bertz CT molecular complexity index is 824. The molecule has 0 saturated heterocycles. The molecule has 0 bridgehead atoms. The normalized spacial score (nSPS) is 11.7. The molecule has 0 fully saturated rings. The minimum absolute atomic E-state index is 0.186. The lowest BCUT2D eigenvalue weighted by atomic mass is 10.2. The second kappa shape index (κ2) is 9.64. The van der Waals surface area contributed by atoms with Crippen molar-refractivity contribution in [2.45, 2.75) is 6.54 Å². The van der Waals surface area contributed by atoms with Crippen LogP contribution in [-0.4, -0.2) is 63.5 Å². The molecule has 27 heavy (non-hydrogen) atoms. The number of carbonyl (C=O) groups is 1. The molecule has 6 nitrogen and oxygen atoms in total. The first kappa shape index (κ1) is 21.1. The van der Waals surface area contributed by atoms with Crippen LogP contribution >= 0.6 is 0 Å². The van der Waals surface area contributed by atoms with Crippen molar-refractivity contribution in [2.24, 2.45) is 0 Å². The summed E-state index contributed by atoms with van der Waals surface area (Å²) in [6.45, 7) is 1.01. The number of sulfonamides is 1. The maximum Gasteiger partial charge on any atom is 0.242 e. The molecule has 146 valence electrons. The Balaban J connectivity index is 2.24. The van der Waals surface area contributed by atoms with Crippen LogP contribution in [0.15, 0.2) is 60.7 Å². The maximum atomic E-state index is 13.1. The summed E-state index contributed by atoms with van der Waals surface area (Å²) in [6, 6.07) is 19.0. The molecular formula is C20H27N3O3S. The fourth-order valence-corrected chi connectivity index (χ4v) is 3.37. The number of hydrogen-bond acceptors (Lipinski definition) is 4. The van der Waals surface area contributed by atoms with Gasteiger partial charge in [0.25, 0.3) is 0 Å². The zero-order chi connectivity index (χ0) is 19.9. The number of hydrogen-bond donors (Lipinski definition) is 0. The summed E-state index contributed by atoms with van der Waals surface area (Å²) in [5.74, 6) is -0.255. The van der Waals surface area contributed by atoms with E-state index in [-0.39, 0.29) is 19.0 Å². The molecule has 2 aromatic carbocycles. The number of nitrogens with zero attached hydrogens (tertiary/aromatic N) is 3. The van der Waals surface area contributed by atoms with Gasteiger partial charge < -0.3 is 9.80 Å². The predicted molar refractivity (Wildman–Crippen MR) is 109 cm³/mol. The van der Waals surface area contributed by atoms with Crippen LogP contribution in [-0.2, 0) is 21.4 Å². The van der Waals surface area contributed by atoms with Crippen LogP contribution in [0.3, 0.4) is 0 Å². The van der Waals surface area contributed by atoms with Gasteiger partial charge in [-0.05, 0) is 31.8 Å². The Kier molecular flexibility index (Phi) is 7.53. The van der Waals surface area contributed by atoms with Crippen molar-refractivity contribution < 1.29 is 13.2 Å². The van der Waals surface area contributed by atoms with Crippen LogP contribution < -0.4 is 4.90 Å².